The molecule has 0 spiro atoms. The highest BCUT2D eigenvalue weighted by Gasteiger charge is 2.09. The monoisotopic (exact) mass is 294 g/mol. The Hall–Kier alpha value is -2.25. The number of nitro benzene ring substituents is 1. The summed E-state index contributed by atoms with van der Waals surface area (Å²) in [7, 11) is 0. The molecule has 0 saturated heterocycles. The second-order valence-corrected chi connectivity index (χ2v) is 4.13. The Kier molecular flexibility index (Phi) is 7.70. The number of hydrogen-bond donors (Lipinski definition) is 2. The zero-order chi connectivity index (χ0) is 15.5. The number of nitro groups is 1. The normalized spacial score (nSPS) is 10.7. The van der Waals surface area contributed by atoms with Crippen LogP contribution in [0.5, 0.6) is 0 Å². The van der Waals surface area contributed by atoms with Crippen LogP contribution >= 0.6 is 0 Å². The smallest absolute Gasteiger partial charge is 0.276 e. The van der Waals surface area contributed by atoms with Crippen LogP contribution in [0.1, 0.15) is 12.0 Å². The number of carbonyl (C=O) groups is 1. The molecule has 0 fully saturated rings. The Morgan fingerprint density at radius 1 is 1.38 bits per heavy atom. The predicted molar refractivity (Wildman–Crippen MR) is 77.7 cm³/mol. The molecule has 114 valence electrons. The number of hydrogen-bond acceptors (Lipinski definition) is 5. The minimum atomic E-state index is -0.490. The van der Waals surface area contributed by atoms with E-state index in [1.54, 1.807) is 18.2 Å². The number of nitrogens with one attached hydrogen (secondary N) is 1. The lowest BCUT2D eigenvalue weighted by molar-refractivity contribution is -0.385. The van der Waals surface area contributed by atoms with Crippen molar-refractivity contribution in [3.05, 3.63) is 46.0 Å². The third-order valence-corrected chi connectivity index (χ3v) is 2.55. The van der Waals surface area contributed by atoms with Crippen molar-refractivity contribution in [2.75, 3.05) is 26.4 Å². The molecule has 0 heterocycles. The standard InChI is InChI=1S/C14H18N2O5/c17-9-11-21-10-3-8-15-14(18)7-6-12-4-1-2-5-13(12)16(19)20/h1-2,4-7,17H,3,8-11H2,(H,15,18)/b7-6+. The van der Waals surface area contributed by atoms with Gasteiger partial charge in [0.2, 0.25) is 5.91 Å². The largest absolute Gasteiger partial charge is 0.394 e. The van der Waals surface area contributed by atoms with Gasteiger partial charge < -0.3 is 15.2 Å². The fourth-order valence-corrected chi connectivity index (χ4v) is 1.57. The van der Waals surface area contributed by atoms with Crippen LogP contribution in [0.2, 0.25) is 0 Å². The van der Waals surface area contributed by atoms with Gasteiger partial charge in [-0.05, 0) is 18.6 Å². The molecular formula is C14H18N2O5. The van der Waals surface area contributed by atoms with Gasteiger partial charge in [-0.25, -0.2) is 0 Å². The van der Waals surface area contributed by atoms with Crippen molar-refractivity contribution < 1.29 is 19.6 Å². The molecule has 1 amide bonds. The molecule has 1 aromatic carbocycles. The molecule has 0 saturated carbocycles. The van der Waals surface area contributed by atoms with Gasteiger partial charge in [-0.3, -0.25) is 14.9 Å². The number of ether oxygens (including phenoxy) is 1. The summed E-state index contributed by atoms with van der Waals surface area (Å²) in [6, 6.07) is 6.20. The first-order chi connectivity index (χ1) is 10.1. The second-order valence-electron chi connectivity index (χ2n) is 4.13. The molecule has 0 aliphatic rings. The summed E-state index contributed by atoms with van der Waals surface area (Å²) in [5.74, 6) is -0.324. The average molecular weight is 294 g/mol. The average Bonchev–Trinajstić information content (AvgIpc) is 2.49. The van der Waals surface area contributed by atoms with Crippen molar-refractivity contribution in [2.45, 2.75) is 6.42 Å². The highest BCUT2D eigenvalue weighted by Crippen LogP contribution is 2.18. The highest BCUT2D eigenvalue weighted by atomic mass is 16.6. The number of para-hydroxylation sites is 1. The van der Waals surface area contributed by atoms with Crippen molar-refractivity contribution in [1.82, 2.24) is 5.32 Å². The van der Waals surface area contributed by atoms with Gasteiger partial charge >= 0.3 is 0 Å². The summed E-state index contributed by atoms with van der Waals surface area (Å²) in [4.78, 5) is 21.9. The van der Waals surface area contributed by atoms with E-state index in [0.717, 1.165) is 0 Å². The van der Waals surface area contributed by atoms with Gasteiger partial charge in [0.05, 0.1) is 23.7 Å². The Balaban J connectivity index is 2.39. The molecule has 7 nitrogen and oxygen atoms in total. The number of aliphatic hydroxyl groups is 1. The van der Waals surface area contributed by atoms with E-state index in [0.29, 0.717) is 25.1 Å². The van der Waals surface area contributed by atoms with Crippen LogP contribution in [0.4, 0.5) is 5.69 Å². The van der Waals surface area contributed by atoms with E-state index < -0.39 is 4.92 Å². The second kappa shape index (κ2) is 9.62. The maximum atomic E-state index is 11.5. The van der Waals surface area contributed by atoms with Crippen LogP contribution in [0.3, 0.4) is 0 Å². The van der Waals surface area contributed by atoms with Gasteiger partial charge in [0.1, 0.15) is 0 Å². The molecular weight excluding hydrogens is 276 g/mol. The number of benzene rings is 1. The summed E-state index contributed by atoms with van der Waals surface area (Å²) in [5, 5.41) is 21.9. The van der Waals surface area contributed by atoms with Gasteiger partial charge in [0, 0.05) is 25.3 Å². The predicted octanol–water partition coefficient (Wildman–Crippen LogP) is 1.12. The third kappa shape index (κ3) is 6.64. The maximum absolute atomic E-state index is 11.5. The molecule has 0 aliphatic carbocycles. The Morgan fingerprint density at radius 2 is 2.14 bits per heavy atom. The first-order valence-corrected chi connectivity index (χ1v) is 6.53. The van der Waals surface area contributed by atoms with Crippen molar-refractivity contribution in [1.29, 1.82) is 0 Å². The summed E-state index contributed by atoms with van der Waals surface area (Å²) in [6.07, 6.45) is 3.30. The van der Waals surface area contributed by atoms with Gasteiger partial charge in [0.15, 0.2) is 0 Å². The van der Waals surface area contributed by atoms with Crippen LogP contribution in [0.25, 0.3) is 6.08 Å². The van der Waals surface area contributed by atoms with Crippen LogP contribution in [0, 0.1) is 10.1 Å². The minimum Gasteiger partial charge on any atom is -0.394 e. The van der Waals surface area contributed by atoms with Crippen LogP contribution in [0.15, 0.2) is 30.3 Å². The zero-order valence-electron chi connectivity index (χ0n) is 11.5. The Morgan fingerprint density at radius 3 is 2.86 bits per heavy atom. The number of amides is 1. The van der Waals surface area contributed by atoms with Gasteiger partial charge in [-0.1, -0.05) is 12.1 Å². The van der Waals surface area contributed by atoms with Gasteiger partial charge in [0.25, 0.3) is 5.69 Å². The van der Waals surface area contributed by atoms with E-state index in [-0.39, 0.29) is 24.8 Å². The number of rotatable bonds is 9. The van der Waals surface area contributed by atoms with Gasteiger partial charge in [-0.2, -0.15) is 0 Å². The molecule has 21 heavy (non-hydrogen) atoms. The Bertz CT molecular complexity index is 502. The molecule has 1 aromatic rings. The van der Waals surface area contributed by atoms with Crippen molar-refractivity contribution in [3.63, 3.8) is 0 Å². The fraction of sp³-hybridized carbons (Fsp3) is 0.357. The summed E-state index contributed by atoms with van der Waals surface area (Å²) < 4.78 is 5.04. The van der Waals surface area contributed by atoms with E-state index in [9.17, 15) is 14.9 Å². The van der Waals surface area contributed by atoms with E-state index in [1.807, 2.05) is 0 Å². The Labute approximate surface area is 122 Å². The fourth-order valence-electron chi connectivity index (χ4n) is 1.57. The van der Waals surface area contributed by atoms with E-state index in [4.69, 9.17) is 9.84 Å². The molecule has 2 N–H and O–H groups in total. The molecule has 0 aromatic heterocycles. The zero-order valence-corrected chi connectivity index (χ0v) is 11.5. The number of aliphatic hydroxyl groups excluding tert-OH is 1. The minimum absolute atomic E-state index is 0.0229. The molecule has 0 aliphatic heterocycles. The molecule has 0 bridgehead atoms. The summed E-state index contributed by atoms with van der Waals surface area (Å²) >= 11 is 0. The van der Waals surface area contributed by atoms with Gasteiger partial charge in [-0.15, -0.1) is 0 Å². The van der Waals surface area contributed by atoms with E-state index in [1.165, 1.54) is 18.2 Å². The lowest BCUT2D eigenvalue weighted by Crippen LogP contribution is -2.23. The summed E-state index contributed by atoms with van der Waals surface area (Å²) in [5.41, 5.74) is 0.336. The lowest BCUT2D eigenvalue weighted by atomic mass is 10.1. The first kappa shape index (κ1) is 16.8. The number of carbonyl (C=O) groups excluding carboxylic acids is 1. The van der Waals surface area contributed by atoms with Crippen molar-refractivity contribution in [3.8, 4) is 0 Å². The maximum Gasteiger partial charge on any atom is 0.276 e. The van der Waals surface area contributed by atoms with Crippen LogP contribution in [-0.2, 0) is 9.53 Å². The van der Waals surface area contributed by atoms with E-state index >= 15 is 0 Å². The van der Waals surface area contributed by atoms with Crippen molar-refractivity contribution in [2.24, 2.45) is 0 Å². The molecule has 0 atom stereocenters. The number of nitrogens with zero attached hydrogens (tertiary/aromatic N) is 1. The third-order valence-electron chi connectivity index (χ3n) is 2.55. The summed E-state index contributed by atoms with van der Waals surface area (Å²) in [6.45, 7) is 1.15. The quantitative estimate of drug-likeness (QED) is 0.307. The molecule has 0 radical (unpaired) electrons. The van der Waals surface area contributed by atoms with Crippen LogP contribution in [-0.4, -0.2) is 42.3 Å². The lowest BCUT2D eigenvalue weighted by Gasteiger charge is -2.03. The topological polar surface area (TPSA) is 102 Å². The van der Waals surface area contributed by atoms with Crippen LogP contribution < -0.4 is 5.32 Å². The SMILES string of the molecule is O=C(/C=C/c1ccccc1[N+](=O)[O-])NCCCOCCO. The molecule has 1 rings (SSSR count). The molecule has 7 heteroatoms. The van der Waals surface area contributed by atoms with E-state index in [2.05, 4.69) is 5.32 Å². The molecule has 0 unspecified atom stereocenters. The first-order valence-electron chi connectivity index (χ1n) is 6.53. The highest BCUT2D eigenvalue weighted by molar-refractivity contribution is 5.92. The van der Waals surface area contributed by atoms with Crippen molar-refractivity contribution >= 4 is 17.7 Å².